The van der Waals surface area contributed by atoms with Gasteiger partial charge in [-0.05, 0) is 50.6 Å². The van der Waals surface area contributed by atoms with Gasteiger partial charge in [0, 0.05) is 0 Å². The summed E-state index contributed by atoms with van der Waals surface area (Å²) in [6.07, 6.45) is 3.75. The molecule has 0 bridgehead atoms. The Morgan fingerprint density at radius 3 is 2.88 bits per heavy atom. The first-order valence-electron chi connectivity index (χ1n) is 8.24. The van der Waals surface area contributed by atoms with Crippen LogP contribution < -0.4 is 15.4 Å². The summed E-state index contributed by atoms with van der Waals surface area (Å²) in [7, 11) is 1.63. The molecule has 136 valence electrons. The average molecular weight is 366 g/mol. The number of benzene rings is 1. The predicted molar refractivity (Wildman–Crippen MR) is 97.3 cm³/mol. The maximum Gasteiger partial charge on any atom is 0.273 e. The number of hydrogen-bond acceptors (Lipinski definition) is 5. The van der Waals surface area contributed by atoms with Crippen molar-refractivity contribution in [2.75, 3.05) is 20.2 Å². The molecule has 1 fully saturated rings. The maximum atomic E-state index is 12.4. The van der Waals surface area contributed by atoms with E-state index < -0.39 is 0 Å². The molecule has 3 rings (SSSR count). The van der Waals surface area contributed by atoms with Crippen LogP contribution in [-0.2, 0) is 0 Å². The molecular weight excluding hydrogens is 342 g/mol. The number of methoxy groups -OCH3 is 1. The Morgan fingerprint density at radius 2 is 2.16 bits per heavy atom. The first kappa shape index (κ1) is 19.2. The highest BCUT2D eigenvalue weighted by molar-refractivity contribution is 5.92. The predicted octanol–water partition coefficient (Wildman–Crippen LogP) is 2.12. The molecule has 1 aliphatic rings. The molecular formula is C17H24ClN5O2. The van der Waals surface area contributed by atoms with Crippen molar-refractivity contribution in [3.63, 3.8) is 0 Å². The highest BCUT2D eigenvalue weighted by atomic mass is 35.5. The zero-order valence-corrected chi connectivity index (χ0v) is 15.3. The summed E-state index contributed by atoms with van der Waals surface area (Å²) in [5.74, 6) is 0.552. The Bertz CT molecular complexity index is 700. The van der Waals surface area contributed by atoms with E-state index in [1.807, 2.05) is 35.9 Å². The number of amides is 1. The molecule has 0 radical (unpaired) electrons. The van der Waals surface area contributed by atoms with Crippen LogP contribution in [0.25, 0.3) is 0 Å². The molecule has 0 saturated carbocycles. The third-order valence-electron chi connectivity index (χ3n) is 4.37. The average Bonchev–Trinajstić information content (AvgIpc) is 3.13. The SMILES string of the molecule is COc1cccc(C(C)NC(=O)c2cn(C3CCNCC3)nn2)c1.Cl. The third-order valence-corrected chi connectivity index (χ3v) is 4.37. The first-order chi connectivity index (χ1) is 11.7. The van der Waals surface area contributed by atoms with Crippen molar-refractivity contribution in [1.29, 1.82) is 0 Å². The second-order valence-electron chi connectivity index (χ2n) is 6.04. The van der Waals surface area contributed by atoms with Crippen LogP contribution in [-0.4, -0.2) is 41.1 Å². The van der Waals surface area contributed by atoms with Gasteiger partial charge in [0.1, 0.15) is 5.75 Å². The fourth-order valence-corrected chi connectivity index (χ4v) is 2.90. The molecule has 7 nitrogen and oxygen atoms in total. The van der Waals surface area contributed by atoms with Crippen LogP contribution in [0.4, 0.5) is 0 Å². The second-order valence-corrected chi connectivity index (χ2v) is 6.04. The van der Waals surface area contributed by atoms with E-state index in [0.29, 0.717) is 11.7 Å². The summed E-state index contributed by atoms with van der Waals surface area (Å²) in [4.78, 5) is 12.4. The molecule has 1 atom stereocenters. The summed E-state index contributed by atoms with van der Waals surface area (Å²) >= 11 is 0. The monoisotopic (exact) mass is 365 g/mol. The number of ether oxygens (including phenoxy) is 1. The van der Waals surface area contributed by atoms with Crippen LogP contribution in [0.5, 0.6) is 5.75 Å². The summed E-state index contributed by atoms with van der Waals surface area (Å²) in [5, 5.41) is 14.4. The van der Waals surface area contributed by atoms with Gasteiger partial charge in [0.25, 0.3) is 5.91 Å². The van der Waals surface area contributed by atoms with E-state index in [4.69, 9.17) is 4.74 Å². The summed E-state index contributed by atoms with van der Waals surface area (Å²) in [5.41, 5.74) is 1.33. The van der Waals surface area contributed by atoms with Gasteiger partial charge < -0.3 is 15.4 Å². The first-order valence-corrected chi connectivity index (χ1v) is 8.24. The summed E-state index contributed by atoms with van der Waals surface area (Å²) in [6, 6.07) is 7.83. The van der Waals surface area contributed by atoms with Gasteiger partial charge in [0.2, 0.25) is 0 Å². The van der Waals surface area contributed by atoms with E-state index in [0.717, 1.165) is 37.2 Å². The molecule has 0 aliphatic carbocycles. The zero-order chi connectivity index (χ0) is 16.9. The largest absolute Gasteiger partial charge is 0.497 e. The number of nitrogens with zero attached hydrogens (tertiary/aromatic N) is 3. The van der Waals surface area contributed by atoms with Crippen LogP contribution in [0.2, 0.25) is 0 Å². The van der Waals surface area contributed by atoms with E-state index >= 15 is 0 Å². The molecule has 8 heteroatoms. The van der Waals surface area contributed by atoms with Gasteiger partial charge in [0.05, 0.1) is 25.4 Å². The lowest BCUT2D eigenvalue weighted by Crippen LogP contribution is -2.29. The standard InChI is InChI=1S/C17H23N5O2.ClH/c1-12(13-4-3-5-15(10-13)24-2)19-17(23)16-11-22(21-20-16)14-6-8-18-9-7-14;/h3-5,10-12,14,18H,6-9H2,1-2H3,(H,19,23);1H. The van der Waals surface area contributed by atoms with Crippen molar-refractivity contribution >= 4 is 18.3 Å². The van der Waals surface area contributed by atoms with E-state index in [2.05, 4.69) is 20.9 Å². The Kier molecular flexibility index (Phi) is 6.78. The molecule has 2 heterocycles. The van der Waals surface area contributed by atoms with Crippen LogP contribution in [0.15, 0.2) is 30.5 Å². The quantitative estimate of drug-likeness (QED) is 0.848. The van der Waals surface area contributed by atoms with Crippen LogP contribution >= 0.6 is 12.4 Å². The Morgan fingerprint density at radius 1 is 1.40 bits per heavy atom. The number of rotatable bonds is 5. The van der Waals surface area contributed by atoms with E-state index in [9.17, 15) is 4.79 Å². The van der Waals surface area contributed by atoms with Crippen molar-refractivity contribution in [3.8, 4) is 5.75 Å². The van der Waals surface area contributed by atoms with Gasteiger partial charge in [-0.25, -0.2) is 4.68 Å². The van der Waals surface area contributed by atoms with Crippen molar-refractivity contribution in [2.24, 2.45) is 0 Å². The molecule has 1 amide bonds. The van der Waals surface area contributed by atoms with Gasteiger partial charge in [0.15, 0.2) is 5.69 Å². The second kappa shape index (κ2) is 8.82. The Hall–Kier alpha value is -2.12. The van der Waals surface area contributed by atoms with Gasteiger partial charge in [-0.1, -0.05) is 17.3 Å². The number of nitrogens with one attached hydrogen (secondary N) is 2. The minimum atomic E-state index is -0.217. The molecule has 1 aromatic heterocycles. The van der Waals surface area contributed by atoms with Crippen LogP contribution in [0, 0.1) is 0 Å². The number of halogens is 1. The molecule has 1 aromatic carbocycles. The Balaban J connectivity index is 0.00000225. The molecule has 1 saturated heterocycles. The fourth-order valence-electron chi connectivity index (χ4n) is 2.90. The van der Waals surface area contributed by atoms with Crippen molar-refractivity contribution in [3.05, 3.63) is 41.7 Å². The van der Waals surface area contributed by atoms with E-state index in [1.54, 1.807) is 13.3 Å². The lowest BCUT2D eigenvalue weighted by atomic mass is 10.1. The lowest BCUT2D eigenvalue weighted by Gasteiger charge is -2.22. The van der Waals surface area contributed by atoms with E-state index in [1.165, 1.54) is 0 Å². The topological polar surface area (TPSA) is 81.1 Å². The molecule has 25 heavy (non-hydrogen) atoms. The molecule has 1 unspecified atom stereocenters. The van der Waals surface area contributed by atoms with Crippen LogP contribution in [0.3, 0.4) is 0 Å². The van der Waals surface area contributed by atoms with Crippen molar-refractivity contribution in [1.82, 2.24) is 25.6 Å². The van der Waals surface area contributed by atoms with Gasteiger partial charge in [-0.15, -0.1) is 17.5 Å². The Labute approximate surface area is 153 Å². The summed E-state index contributed by atoms with van der Waals surface area (Å²) in [6.45, 7) is 3.88. The summed E-state index contributed by atoms with van der Waals surface area (Å²) < 4.78 is 7.03. The minimum absolute atomic E-state index is 0. The van der Waals surface area contributed by atoms with Gasteiger partial charge in [-0.2, -0.15) is 0 Å². The van der Waals surface area contributed by atoms with Crippen molar-refractivity contribution < 1.29 is 9.53 Å². The number of aromatic nitrogens is 3. The molecule has 0 spiro atoms. The van der Waals surface area contributed by atoms with Crippen molar-refractivity contribution in [2.45, 2.75) is 31.8 Å². The highest BCUT2D eigenvalue weighted by Crippen LogP contribution is 2.20. The molecule has 2 N–H and O–H groups in total. The number of carbonyl (C=O) groups excluding carboxylic acids is 1. The third kappa shape index (κ3) is 4.70. The highest BCUT2D eigenvalue weighted by Gasteiger charge is 2.20. The van der Waals surface area contributed by atoms with Crippen LogP contribution in [0.1, 0.15) is 47.9 Å². The smallest absolute Gasteiger partial charge is 0.273 e. The fraction of sp³-hybridized carbons (Fsp3) is 0.471. The number of hydrogen-bond donors (Lipinski definition) is 2. The number of piperidine rings is 1. The maximum absolute atomic E-state index is 12.4. The van der Waals surface area contributed by atoms with Gasteiger partial charge in [-0.3, -0.25) is 4.79 Å². The number of carbonyl (C=O) groups is 1. The molecule has 1 aliphatic heterocycles. The normalized spacial score (nSPS) is 15.9. The minimum Gasteiger partial charge on any atom is -0.497 e. The molecule has 2 aromatic rings. The lowest BCUT2D eigenvalue weighted by molar-refractivity contribution is 0.0934. The van der Waals surface area contributed by atoms with E-state index in [-0.39, 0.29) is 24.4 Å². The zero-order valence-electron chi connectivity index (χ0n) is 14.4. The van der Waals surface area contributed by atoms with Gasteiger partial charge >= 0.3 is 0 Å².